The number of nitrogens with one attached hydrogen (secondary N) is 4. The highest BCUT2D eigenvalue weighted by Gasteiger charge is 2.41. The number of aromatic amines is 4. The van der Waals surface area contributed by atoms with Gasteiger partial charge in [-0.2, -0.15) is 0 Å². The smallest absolute Gasteiger partial charge is 0.280 e. The topological polar surface area (TPSA) is 268 Å². The van der Waals surface area contributed by atoms with Crippen LogP contribution in [0, 0.1) is 34.9 Å². The Kier molecular flexibility index (Phi) is 21.9. The molecule has 8 aromatic carbocycles. The van der Waals surface area contributed by atoms with E-state index in [9.17, 15) is 65.9 Å². The highest BCUT2D eigenvalue weighted by atomic mass is 35.5. The number of rotatable bonds is 10. The monoisotopic (exact) mass is 1720 g/mol. The third-order valence-electron chi connectivity index (χ3n) is 17.4. The van der Waals surface area contributed by atoms with Gasteiger partial charge in [0.2, 0.25) is 0 Å². The van der Waals surface area contributed by atoms with Gasteiger partial charge in [0.1, 0.15) is 34.9 Å². The molecule has 4 aromatic heterocycles. The van der Waals surface area contributed by atoms with Crippen LogP contribution in [0.2, 0.25) is 55.2 Å². The molecular weight excluding hydrogens is 1680 g/mol. The van der Waals surface area contributed by atoms with Gasteiger partial charge in [0, 0.05) is 79.4 Å². The van der Waals surface area contributed by atoms with Gasteiger partial charge in [-0.1, -0.05) is 188 Å². The van der Waals surface area contributed by atoms with Gasteiger partial charge in [0.15, 0.2) is 23.5 Å². The highest BCUT2D eigenvalue weighted by Crippen LogP contribution is 2.51. The second-order valence-electron chi connectivity index (χ2n) is 24.6. The number of halogens is 17. The summed E-state index contributed by atoms with van der Waals surface area (Å²) in [4.78, 5) is 80.4. The summed E-state index contributed by atoms with van der Waals surface area (Å²) in [5.41, 5.74) is 4.25. The fraction of sp³-hybridized carbons (Fsp3) is 0.0526. The highest BCUT2D eigenvalue weighted by molar-refractivity contribution is 6.59. The average molecular weight is 1730 g/mol. The van der Waals surface area contributed by atoms with Crippen molar-refractivity contribution in [2.24, 2.45) is 20.0 Å². The minimum Gasteiger partial charge on any atom is -0.494 e. The van der Waals surface area contributed by atoms with Crippen LogP contribution in [0.1, 0.15) is 85.9 Å². The van der Waals surface area contributed by atoms with Crippen LogP contribution in [-0.4, -0.2) is 115 Å². The first-order chi connectivity index (χ1) is 52.6. The van der Waals surface area contributed by atoms with Crippen molar-refractivity contribution < 1.29 is 65.9 Å². The molecule has 0 radical (unpaired) electrons. The van der Waals surface area contributed by atoms with E-state index in [2.05, 4.69) is 39.9 Å². The van der Waals surface area contributed by atoms with E-state index in [-0.39, 0.29) is 146 Å². The lowest BCUT2D eigenvalue weighted by molar-refractivity contribution is 0.0998. The molecule has 111 heavy (non-hydrogen) atoms. The van der Waals surface area contributed by atoms with Crippen molar-refractivity contribution >= 4 is 185 Å². The summed E-state index contributed by atoms with van der Waals surface area (Å²) in [6.07, 6.45) is 0. The maximum atomic E-state index is 14.5. The van der Waals surface area contributed by atoms with Crippen LogP contribution in [0.25, 0.3) is 45.0 Å². The summed E-state index contributed by atoms with van der Waals surface area (Å²) in [6, 6.07) is 30.7. The number of aromatic hydroxyl groups is 4. The Labute approximate surface area is 677 Å². The first-order valence-corrected chi connectivity index (χ1v) is 35.8. The summed E-state index contributed by atoms with van der Waals surface area (Å²) in [7, 11) is 7.22. The third-order valence-corrected chi connectivity index (χ3v) is 22.3. The van der Waals surface area contributed by atoms with Gasteiger partial charge in [-0.25, -0.2) is 46.3 Å². The molecule has 0 bridgehead atoms. The van der Waals surface area contributed by atoms with Gasteiger partial charge in [-0.05, 0) is 60.2 Å². The molecule has 0 unspecified atom stereocenters. The van der Waals surface area contributed by atoms with Gasteiger partial charge < -0.3 is 50.2 Å². The summed E-state index contributed by atoms with van der Waals surface area (Å²) >= 11 is 67.9. The number of hydrogen-bond donors (Lipinski definition) is 8. The lowest BCUT2D eigenvalue weighted by Crippen LogP contribution is -2.10. The van der Waals surface area contributed by atoms with Crippen molar-refractivity contribution in [2.75, 3.05) is 38.0 Å². The largest absolute Gasteiger partial charge is 0.494 e. The number of fused-ring (bicyclic) bond motifs is 4. The normalized spacial score (nSPS) is 13.0. The standard InChI is InChI=1S/C20H15ClFN3O2.C20H13F4N3O2.C18H6Cl5FN2O2.C18H7Cl5N2O2/c1-25(2)14-7-6-11(9-13(14)21)18-16-15(19(26)24-18)17(23-20(16)27)10-4-3-5-12(22)8-10;1-27(2)9-3-4-11(22)10(7-9)17-15-16(20(29)25-17)18(26-19(15)28)14-12(23)5-8(21)6-13(14)24;19-10-9(11(20)13(22)14(23)12(10)21)16-8-7(17(27)26-16)15(25-18(8)28)5-2-1-3-6(24)4-5;19-10-9(11(20)13(22)14(23)12(10)21)16-8-7(17(26)25-16)15(24-18(8)27)6-4-2-1-3-5-6/h3-9,23,27H,1-2H3;3-7,25,29H,1-2H3;1-4,25,28H;1-5,24,27H. The average Bonchev–Trinajstić information content (AvgIpc) is 1.60. The molecule has 12 aromatic rings. The molecule has 4 amide bonds. The number of H-pyrrole nitrogens is 4. The second kappa shape index (κ2) is 30.8. The van der Waals surface area contributed by atoms with E-state index in [0.717, 1.165) is 5.69 Å². The van der Waals surface area contributed by atoms with Crippen molar-refractivity contribution in [1.82, 2.24) is 19.9 Å². The molecule has 16 rings (SSSR count). The fourth-order valence-electron chi connectivity index (χ4n) is 12.5. The van der Waals surface area contributed by atoms with Gasteiger partial charge >= 0.3 is 0 Å². The lowest BCUT2D eigenvalue weighted by atomic mass is 9.99. The van der Waals surface area contributed by atoms with Crippen LogP contribution in [-0.2, 0) is 0 Å². The molecule has 0 atom stereocenters. The first kappa shape index (κ1) is 78.9. The first-order valence-electron chi connectivity index (χ1n) is 31.6. The van der Waals surface area contributed by atoms with Crippen molar-refractivity contribution in [2.45, 2.75) is 0 Å². The molecule has 0 spiro atoms. The van der Waals surface area contributed by atoms with Crippen molar-refractivity contribution in [3.63, 3.8) is 0 Å². The van der Waals surface area contributed by atoms with Crippen LogP contribution in [0.3, 0.4) is 0 Å². The minimum absolute atomic E-state index is 0.00880. The number of aliphatic imine (C=N–C) groups is 4. The van der Waals surface area contributed by atoms with Crippen LogP contribution >= 0.6 is 128 Å². The Morgan fingerprint density at radius 1 is 0.306 bits per heavy atom. The molecular formula is C76H41Cl11F6N10O8. The van der Waals surface area contributed by atoms with Crippen LogP contribution in [0.15, 0.2) is 147 Å². The number of aromatic nitrogens is 4. The van der Waals surface area contributed by atoms with Gasteiger partial charge in [0.05, 0.1) is 157 Å². The molecule has 35 heteroatoms. The van der Waals surface area contributed by atoms with Gasteiger partial charge in [0.25, 0.3) is 23.6 Å². The Bertz CT molecular complexity index is 6110. The van der Waals surface area contributed by atoms with Crippen molar-refractivity contribution in [1.29, 1.82) is 0 Å². The Balaban J connectivity index is 0.000000130. The molecule has 0 fully saturated rings. The number of hydrogen-bond acceptors (Lipinski definition) is 10. The van der Waals surface area contributed by atoms with Crippen LogP contribution < -0.4 is 9.80 Å². The van der Waals surface area contributed by atoms with Crippen molar-refractivity contribution in [3.8, 4) is 68.5 Å². The Morgan fingerprint density at radius 2 is 0.667 bits per heavy atom. The maximum absolute atomic E-state index is 14.5. The quantitative estimate of drug-likeness (QED) is 0.0364. The molecule has 562 valence electrons. The van der Waals surface area contributed by atoms with E-state index in [1.54, 1.807) is 55.4 Å². The lowest BCUT2D eigenvalue weighted by Gasteiger charge is -2.15. The Morgan fingerprint density at radius 3 is 1.06 bits per heavy atom. The predicted molar refractivity (Wildman–Crippen MR) is 421 cm³/mol. The number of anilines is 2. The zero-order valence-corrected chi connectivity index (χ0v) is 64.5. The zero-order valence-electron chi connectivity index (χ0n) is 56.2. The van der Waals surface area contributed by atoms with E-state index in [0.29, 0.717) is 67.8 Å². The number of benzene rings is 8. The molecule has 8 N–H and O–H groups in total. The number of nitrogens with zero attached hydrogens (tertiary/aromatic N) is 6. The zero-order chi connectivity index (χ0) is 80.1. The second-order valence-corrected chi connectivity index (χ2v) is 28.8. The molecule has 0 saturated heterocycles. The Hall–Kier alpha value is -10.2. The minimum atomic E-state index is -1.29. The summed E-state index contributed by atoms with van der Waals surface area (Å²) in [5.74, 6) is -9.40. The summed E-state index contributed by atoms with van der Waals surface area (Å²) < 4.78 is 83.4. The van der Waals surface area contributed by atoms with E-state index in [1.165, 1.54) is 54.6 Å². The van der Waals surface area contributed by atoms with E-state index in [1.807, 2.05) is 43.3 Å². The van der Waals surface area contributed by atoms with Crippen LogP contribution in [0.4, 0.5) is 37.7 Å². The van der Waals surface area contributed by atoms with Crippen molar-refractivity contribution in [3.05, 3.63) is 284 Å². The molecule has 0 aliphatic carbocycles. The fourth-order valence-corrected chi connectivity index (χ4v) is 15.5. The van der Waals surface area contributed by atoms with E-state index < -0.39 is 75.7 Å². The van der Waals surface area contributed by atoms with E-state index in [4.69, 9.17) is 128 Å². The summed E-state index contributed by atoms with van der Waals surface area (Å²) in [5, 5.41) is 41.7. The maximum Gasteiger partial charge on any atom is 0.280 e. The summed E-state index contributed by atoms with van der Waals surface area (Å²) in [6.45, 7) is 0. The van der Waals surface area contributed by atoms with Crippen LogP contribution in [0.5, 0.6) is 23.5 Å². The molecule has 4 aliphatic heterocycles. The third kappa shape index (κ3) is 14.1. The SMILES string of the molecule is CN(C)c1ccc(C2=NC(=O)c3c(-c4cccc(F)c4)[nH]c(O)c32)cc1Cl.CN(C)c1ccc(F)c(-c2[nH]c(O)c3c2C(=O)N=C3c2c(F)cc(F)cc2F)c1.O=C1N=C(c2c(Cl)c(Cl)c(Cl)c(Cl)c2Cl)c2c(O)[nH]c(-c3cccc(F)c3)c21.O=C1N=C(c2c(Cl)c(Cl)c(Cl)c(Cl)c2Cl)c2c(O)[nH]c(-c3ccccc3)c21. The number of amides is 4. The predicted octanol–water partition coefficient (Wildman–Crippen LogP) is 21.7. The van der Waals surface area contributed by atoms with Gasteiger partial charge in [-0.3, -0.25) is 19.2 Å². The molecule has 4 aliphatic rings. The molecule has 0 saturated carbocycles. The number of carbonyl (C=O) groups excluding carboxylic acids is 4. The van der Waals surface area contributed by atoms with Gasteiger partial charge in [-0.15, -0.1) is 0 Å². The number of carbonyl (C=O) groups is 4. The molecule has 18 nitrogen and oxygen atoms in total. The van der Waals surface area contributed by atoms with E-state index >= 15 is 0 Å². The molecule has 8 heterocycles.